The fourth-order valence-electron chi connectivity index (χ4n) is 2.05. The van der Waals surface area contributed by atoms with E-state index >= 15 is 0 Å². The number of anilines is 1. The number of rotatable bonds is 2. The van der Waals surface area contributed by atoms with Crippen LogP contribution in [0.5, 0.6) is 0 Å². The Kier molecular flexibility index (Phi) is 3.15. The molecular formula is C13H18N2O2. The van der Waals surface area contributed by atoms with Gasteiger partial charge in [0.1, 0.15) is 11.5 Å². The van der Waals surface area contributed by atoms with Crippen molar-refractivity contribution in [3.8, 4) is 0 Å². The molecule has 0 bridgehead atoms. The molecule has 92 valence electrons. The fourth-order valence-corrected chi connectivity index (χ4v) is 2.05. The zero-order valence-corrected chi connectivity index (χ0v) is 10.3. The summed E-state index contributed by atoms with van der Waals surface area (Å²) in [5.41, 5.74) is 0.835. The number of carbonyl (C=O) groups excluding carboxylic acids is 1. The van der Waals surface area contributed by atoms with Gasteiger partial charge in [-0.15, -0.1) is 0 Å². The molecule has 0 spiro atoms. The van der Waals surface area contributed by atoms with Gasteiger partial charge in [0.25, 0.3) is 0 Å². The minimum atomic E-state index is -0.561. The molecule has 1 aliphatic rings. The maximum absolute atomic E-state index is 10.8. The lowest BCUT2D eigenvalue weighted by Crippen LogP contribution is -2.42. The first-order valence-electron chi connectivity index (χ1n) is 5.92. The molecule has 1 aliphatic heterocycles. The molecule has 1 aromatic rings. The SMILES string of the molecule is Cc1ccc(N2CCC(C)(O)CC2)nc1C=O. The summed E-state index contributed by atoms with van der Waals surface area (Å²) in [6.45, 7) is 5.30. The van der Waals surface area contributed by atoms with Crippen molar-refractivity contribution in [1.82, 2.24) is 4.98 Å². The van der Waals surface area contributed by atoms with Gasteiger partial charge in [0.2, 0.25) is 0 Å². The van der Waals surface area contributed by atoms with E-state index in [1.54, 1.807) is 0 Å². The largest absolute Gasteiger partial charge is 0.390 e. The molecule has 0 aromatic carbocycles. The number of nitrogens with zero attached hydrogens (tertiary/aromatic N) is 2. The molecule has 4 nitrogen and oxygen atoms in total. The predicted octanol–water partition coefficient (Wildman–Crippen LogP) is 1.55. The average Bonchev–Trinajstić information content (AvgIpc) is 2.30. The van der Waals surface area contributed by atoms with Gasteiger partial charge in [0.15, 0.2) is 6.29 Å². The van der Waals surface area contributed by atoms with E-state index in [1.807, 2.05) is 26.0 Å². The summed E-state index contributed by atoms with van der Waals surface area (Å²) in [4.78, 5) is 17.3. The predicted molar refractivity (Wildman–Crippen MR) is 66.4 cm³/mol. The van der Waals surface area contributed by atoms with Crippen LogP contribution in [0.4, 0.5) is 5.82 Å². The van der Waals surface area contributed by atoms with Gasteiger partial charge in [-0.1, -0.05) is 6.07 Å². The molecule has 2 heterocycles. The summed E-state index contributed by atoms with van der Waals surface area (Å²) in [5, 5.41) is 9.88. The Balaban J connectivity index is 2.16. The van der Waals surface area contributed by atoms with Crippen LogP contribution in [0.25, 0.3) is 0 Å². The Morgan fingerprint density at radius 2 is 2.06 bits per heavy atom. The molecule has 0 atom stereocenters. The van der Waals surface area contributed by atoms with Crippen molar-refractivity contribution in [1.29, 1.82) is 0 Å². The summed E-state index contributed by atoms with van der Waals surface area (Å²) >= 11 is 0. The third kappa shape index (κ3) is 2.64. The second-order valence-electron chi connectivity index (χ2n) is 4.97. The van der Waals surface area contributed by atoms with E-state index in [9.17, 15) is 9.90 Å². The number of aldehydes is 1. The van der Waals surface area contributed by atoms with Crippen molar-refractivity contribution in [3.63, 3.8) is 0 Å². The molecule has 4 heteroatoms. The lowest BCUT2D eigenvalue weighted by atomic mass is 9.94. The van der Waals surface area contributed by atoms with E-state index < -0.39 is 5.60 Å². The molecular weight excluding hydrogens is 216 g/mol. The summed E-state index contributed by atoms with van der Waals surface area (Å²) in [6.07, 6.45) is 2.26. The first kappa shape index (κ1) is 12.0. The van der Waals surface area contributed by atoms with Gasteiger partial charge in [-0.3, -0.25) is 4.79 Å². The van der Waals surface area contributed by atoms with Crippen molar-refractivity contribution in [3.05, 3.63) is 23.4 Å². The topological polar surface area (TPSA) is 53.4 Å². The van der Waals surface area contributed by atoms with Gasteiger partial charge >= 0.3 is 0 Å². The van der Waals surface area contributed by atoms with Crippen LogP contribution >= 0.6 is 0 Å². The third-order valence-corrected chi connectivity index (χ3v) is 3.40. The number of pyridine rings is 1. The highest BCUT2D eigenvalue weighted by Crippen LogP contribution is 2.25. The lowest BCUT2D eigenvalue weighted by molar-refractivity contribution is 0.0350. The quantitative estimate of drug-likeness (QED) is 0.789. The van der Waals surface area contributed by atoms with Gasteiger partial charge in [0.05, 0.1) is 5.60 Å². The van der Waals surface area contributed by atoms with Gasteiger partial charge in [-0.25, -0.2) is 4.98 Å². The summed E-state index contributed by atoms with van der Waals surface area (Å²) in [6, 6.07) is 3.85. The summed E-state index contributed by atoms with van der Waals surface area (Å²) in [5.74, 6) is 0.827. The molecule has 2 rings (SSSR count). The van der Waals surface area contributed by atoms with Gasteiger partial charge in [0, 0.05) is 13.1 Å². The number of hydrogen-bond donors (Lipinski definition) is 1. The lowest BCUT2D eigenvalue weighted by Gasteiger charge is -2.36. The second kappa shape index (κ2) is 4.45. The van der Waals surface area contributed by atoms with Crippen LogP contribution < -0.4 is 4.90 Å². The maximum Gasteiger partial charge on any atom is 0.168 e. The van der Waals surface area contributed by atoms with Gasteiger partial charge < -0.3 is 10.0 Å². The van der Waals surface area contributed by atoms with E-state index in [0.29, 0.717) is 5.69 Å². The Labute approximate surface area is 101 Å². The average molecular weight is 234 g/mol. The van der Waals surface area contributed by atoms with E-state index in [2.05, 4.69) is 9.88 Å². The van der Waals surface area contributed by atoms with E-state index in [0.717, 1.165) is 43.6 Å². The Morgan fingerprint density at radius 1 is 1.41 bits per heavy atom. The van der Waals surface area contributed by atoms with Crippen LogP contribution in [0.1, 0.15) is 35.8 Å². The van der Waals surface area contributed by atoms with E-state index in [4.69, 9.17) is 0 Å². The summed E-state index contributed by atoms with van der Waals surface area (Å²) < 4.78 is 0. The molecule has 1 fully saturated rings. The van der Waals surface area contributed by atoms with Crippen LogP contribution in [0.3, 0.4) is 0 Å². The molecule has 0 radical (unpaired) electrons. The normalized spacial score (nSPS) is 19.1. The van der Waals surface area contributed by atoms with Crippen molar-refractivity contribution in [2.45, 2.75) is 32.3 Å². The minimum absolute atomic E-state index is 0.500. The number of piperidine rings is 1. The standard InChI is InChI=1S/C13H18N2O2/c1-10-3-4-12(14-11(10)9-16)15-7-5-13(2,17)6-8-15/h3-4,9,17H,5-8H2,1-2H3. The van der Waals surface area contributed by atoms with Gasteiger partial charge in [-0.05, 0) is 38.3 Å². The summed E-state index contributed by atoms with van der Waals surface area (Å²) in [7, 11) is 0. The molecule has 0 aliphatic carbocycles. The molecule has 17 heavy (non-hydrogen) atoms. The monoisotopic (exact) mass is 234 g/mol. The molecule has 0 saturated carbocycles. The van der Waals surface area contributed by atoms with Crippen LogP contribution in [0.15, 0.2) is 12.1 Å². The Bertz CT molecular complexity index is 419. The Morgan fingerprint density at radius 3 is 2.65 bits per heavy atom. The molecule has 1 aromatic heterocycles. The van der Waals surface area contributed by atoms with Crippen molar-refractivity contribution < 1.29 is 9.90 Å². The number of carbonyl (C=O) groups is 1. The van der Waals surface area contributed by atoms with Crippen molar-refractivity contribution in [2.75, 3.05) is 18.0 Å². The highest BCUT2D eigenvalue weighted by atomic mass is 16.3. The van der Waals surface area contributed by atoms with Crippen LogP contribution in [0.2, 0.25) is 0 Å². The zero-order chi connectivity index (χ0) is 12.5. The molecule has 1 saturated heterocycles. The van der Waals surface area contributed by atoms with E-state index in [1.165, 1.54) is 0 Å². The highest BCUT2D eigenvalue weighted by Gasteiger charge is 2.27. The van der Waals surface area contributed by atoms with Crippen LogP contribution in [-0.2, 0) is 0 Å². The first-order valence-corrected chi connectivity index (χ1v) is 5.92. The zero-order valence-electron chi connectivity index (χ0n) is 10.3. The van der Waals surface area contributed by atoms with Crippen molar-refractivity contribution >= 4 is 12.1 Å². The highest BCUT2D eigenvalue weighted by molar-refractivity contribution is 5.75. The molecule has 0 amide bonds. The molecule has 1 N–H and O–H groups in total. The first-order chi connectivity index (χ1) is 8.02. The Hall–Kier alpha value is -1.42. The number of hydrogen-bond acceptors (Lipinski definition) is 4. The maximum atomic E-state index is 10.8. The van der Waals surface area contributed by atoms with Crippen molar-refractivity contribution in [2.24, 2.45) is 0 Å². The third-order valence-electron chi connectivity index (χ3n) is 3.40. The van der Waals surface area contributed by atoms with Gasteiger partial charge in [-0.2, -0.15) is 0 Å². The smallest absolute Gasteiger partial charge is 0.168 e. The number of aryl methyl sites for hydroxylation is 1. The second-order valence-corrected chi connectivity index (χ2v) is 4.97. The molecule has 0 unspecified atom stereocenters. The van der Waals surface area contributed by atoms with Crippen LogP contribution in [0, 0.1) is 6.92 Å². The number of aliphatic hydroxyl groups is 1. The fraction of sp³-hybridized carbons (Fsp3) is 0.538. The number of aromatic nitrogens is 1. The minimum Gasteiger partial charge on any atom is -0.390 e. The van der Waals surface area contributed by atoms with Crippen LogP contribution in [-0.4, -0.2) is 35.1 Å². The van der Waals surface area contributed by atoms with E-state index in [-0.39, 0.29) is 0 Å².